The summed E-state index contributed by atoms with van der Waals surface area (Å²) in [5.41, 5.74) is 1.71. The molecule has 6 nitrogen and oxygen atoms in total. The van der Waals surface area contributed by atoms with Gasteiger partial charge in [-0.2, -0.15) is 0 Å². The lowest BCUT2D eigenvalue weighted by molar-refractivity contribution is -0.140. The van der Waals surface area contributed by atoms with Gasteiger partial charge >= 0.3 is 5.97 Å². The van der Waals surface area contributed by atoms with Crippen molar-refractivity contribution in [1.82, 2.24) is 5.32 Å². The van der Waals surface area contributed by atoms with Crippen molar-refractivity contribution in [1.29, 1.82) is 0 Å². The lowest BCUT2D eigenvalue weighted by Gasteiger charge is -2.29. The zero-order valence-corrected chi connectivity index (χ0v) is 20.2. The van der Waals surface area contributed by atoms with Crippen LogP contribution in [0.5, 0.6) is 5.75 Å². The molecule has 0 spiro atoms. The van der Waals surface area contributed by atoms with Gasteiger partial charge < -0.3 is 14.7 Å². The minimum atomic E-state index is -0.908. The number of fused-ring (bicyclic) bond motifs is 1. The van der Waals surface area contributed by atoms with Gasteiger partial charge in [-0.1, -0.05) is 56.4 Å². The number of hydrogen-bond donors (Lipinski definition) is 2. The summed E-state index contributed by atoms with van der Waals surface area (Å²) in [6.07, 6.45) is 6.20. The molecule has 2 N–H and O–H groups in total. The highest BCUT2D eigenvalue weighted by atomic mass is 127. The zero-order chi connectivity index (χ0) is 22.5. The van der Waals surface area contributed by atoms with E-state index in [0.29, 0.717) is 30.3 Å². The Hall–Kier alpha value is -2.13. The number of nitrogens with one attached hydrogen (secondary N) is 1. The second-order valence-corrected chi connectivity index (χ2v) is 9.93. The molecule has 0 bridgehead atoms. The Morgan fingerprint density at radius 1 is 1.12 bits per heavy atom. The normalized spacial score (nSPS) is 20.2. The van der Waals surface area contributed by atoms with Crippen LogP contribution >= 0.6 is 22.6 Å². The van der Waals surface area contributed by atoms with Crippen LogP contribution in [-0.4, -0.2) is 35.7 Å². The van der Waals surface area contributed by atoms with Gasteiger partial charge in [0.2, 0.25) is 5.91 Å². The largest absolute Gasteiger partial charge is 0.489 e. The Morgan fingerprint density at radius 2 is 1.84 bits per heavy atom. The number of hydrogen-bond acceptors (Lipinski definition) is 4. The molecule has 0 unspecified atom stereocenters. The maximum absolute atomic E-state index is 13.6. The van der Waals surface area contributed by atoms with Crippen LogP contribution in [0.2, 0.25) is 0 Å². The first-order valence-electron chi connectivity index (χ1n) is 11.3. The van der Waals surface area contributed by atoms with Crippen LogP contribution in [-0.2, 0) is 16.1 Å². The summed E-state index contributed by atoms with van der Waals surface area (Å²) in [6.45, 7) is 0.502. The third kappa shape index (κ3) is 5.61. The third-order valence-corrected chi connectivity index (χ3v) is 7.09. The van der Waals surface area contributed by atoms with E-state index >= 15 is 0 Å². The van der Waals surface area contributed by atoms with Gasteiger partial charge in [-0.25, -0.2) is 0 Å². The Kier molecular flexibility index (Phi) is 7.67. The first-order valence-corrected chi connectivity index (χ1v) is 12.4. The number of carboxylic acid groups (broad SMARTS) is 1. The molecular weight excluding hydrogens is 519 g/mol. The molecule has 1 aliphatic heterocycles. The topological polar surface area (TPSA) is 78.9 Å². The molecule has 2 aliphatic rings. The van der Waals surface area contributed by atoms with Gasteiger partial charge in [0.15, 0.2) is 0 Å². The minimum Gasteiger partial charge on any atom is -0.489 e. The number of carbonyl (C=O) groups is 2. The summed E-state index contributed by atoms with van der Waals surface area (Å²) in [5, 5.41) is 13.0. The van der Waals surface area contributed by atoms with Gasteiger partial charge in [0, 0.05) is 3.57 Å². The van der Waals surface area contributed by atoms with Crippen molar-refractivity contribution in [2.45, 2.75) is 57.2 Å². The highest BCUT2D eigenvalue weighted by molar-refractivity contribution is 14.1. The Bertz CT molecular complexity index is 943. The van der Waals surface area contributed by atoms with E-state index < -0.39 is 18.1 Å². The predicted molar refractivity (Wildman–Crippen MR) is 132 cm³/mol. The molecule has 7 heteroatoms. The molecule has 0 saturated heterocycles. The number of carbonyl (C=O) groups excluding carboxylic acids is 1. The van der Waals surface area contributed by atoms with Crippen LogP contribution in [0.4, 0.5) is 5.69 Å². The fraction of sp³-hybridized carbons (Fsp3) is 0.440. The number of rotatable bonds is 7. The molecule has 0 radical (unpaired) electrons. The average molecular weight is 548 g/mol. The van der Waals surface area contributed by atoms with Gasteiger partial charge in [-0.3, -0.25) is 14.9 Å². The van der Waals surface area contributed by atoms with Gasteiger partial charge in [-0.05, 0) is 64.8 Å². The number of halogens is 1. The number of anilines is 1. The first kappa shape index (κ1) is 23.0. The van der Waals surface area contributed by atoms with Crippen LogP contribution < -0.4 is 15.0 Å². The van der Waals surface area contributed by atoms with Gasteiger partial charge in [0.05, 0.1) is 12.2 Å². The summed E-state index contributed by atoms with van der Waals surface area (Å²) in [5.74, 6) is -0.0493. The third-order valence-electron chi connectivity index (χ3n) is 6.37. The summed E-state index contributed by atoms with van der Waals surface area (Å²) in [6, 6.07) is 14.0. The fourth-order valence-electron chi connectivity index (χ4n) is 4.65. The van der Waals surface area contributed by atoms with Crippen LogP contribution in [0.15, 0.2) is 48.5 Å². The van der Waals surface area contributed by atoms with Crippen molar-refractivity contribution in [3.63, 3.8) is 0 Å². The summed E-state index contributed by atoms with van der Waals surface area (Å²) >= 11 is 2.26. The molecule has 1 saturated carbocycles. The molecule has 1 amide bonds. The van der Waals surface area contributed by atoms with Gasteiger partial charge in [-0.15, -0.1) is 0 Å². The van der Waals surface area contributed by atoms with Gasteiger partial charge in [0.1, 0.15) is 24.4 Å². The molecule has 0 aromatic heterocycles. The number of para-hydroxylation sites is 2. The monoisotopic (exact) mass is 548 g/mol. The van der Waals surface area contributed by atoms with E-state index in [0.717, 1.165) is 34.8 Å². The van der Waals surface area contributed by atoms with Crippen LogP contribution in [0.25, 0.3) is 0 Å². The molecule has 1 heterocycles. The maximum Gasteiger partial charge on any atom is 0.320 e. The highest BCUT2D eigenvalue weighted by Crippen LogP contribution is 2.33. The molecule has 1 fully saturated rings. The lowest BCUT2D eigenvalue weighted by atomic mass is 9.84. The van der Waals surface area contributed by atoms with E-state index in [1.54, 1.807) is 4.90 Å². The lowest BCUT2D eigenvalue weighted by Crippen LogP contribution is -2.54. The molecule has 32 heavy (non-hydrogen) atoms. The van der Waals surface area contributed by atoms with Crippen LogP contribution in [0, 0.1) is 9.49 Å². The predicted octanol–water partition coefficient (Wildman–Crippen LogP) is 4.60. The number of ether oxygens (including phenoxy) is 1. The summed E-state index contributed by atoms with van der Waals surface area (Å²) < 4.78 is 7.10. The SMILES string of the molecule is O=C(O)[C@H](CC1CCCCC1)N[C@H]1COc2ccccc2N(Cc2ccc(I)cc2)C1=O. The highest BCUT2D eigenvalue weighted by Gasteiger charge is 2.35. The van der Waals surface area contributed by atoms with Crippen molar-refractivity contribution >= 4 is 40.2 Å². The second kappa shape index (κ2) is 10.7. The van der Waals surface area contributed by atoms with E-state index in [2.05, 4.69) is 27.9 Å². The summed E-state index contributed by atoms with van der Waals surface area (Å²) in [7, 11) is 0. The molecule has 1 aliphatic carbocycles. The van der Waals surface area contributed by atoms with Gasteiger partial charge in [0.25, 0.3) is 0 Å². The van der Waals surface area contributed by atoms with Crippen molar-refractivity contribution in [2.24, 2.45) is 5.92 Å². The average Bonchev–Trinajstić information content (AvgIpc) is 2.93. The Balaban J connectivity index is 1.55. The zero-order valence-electron chi connectivity index (χ0n) is 18.0. The summed E-state index contributed by atoms with van der Waals surface area (Å²) in [4.78, 5) is 27.4. The minimum absolute atomic E-state index is 0.105. The number of aliphatic carboxylic acids is 1. The second-order valence-electron chi connectivity index (χ2n) is 8.68. The molecule has 4 rings (SSSR count). The quantitative estimate of drug-likeness (QED) is 0.495. The number of nitrogens with zero attached hydrogens (tertiary/aromatic N) is 1. The fourth-order valence-corrected chi connectivity index (χ4v) is 5.01. The van der Waals surface area contributed by atoms with Crippen LogP contribution in [0.3, 0.4) is 0 Å². The van der Waals surface area contributed by atoms with E-state index in [4.69, 9.17) is 4.74 Å². The van der Waals surface area contributed by atoms with Crippen molar-refractivity contribution in [3.05, 3.63) is 57.7 Å². The van der Waals surface area contributed by atoms with E-state index in [9.17, 15) is 14.7 Å². The van der Waals surface area contributed by atoms with E-state index in [-0.39, 0.29) is 12.5 Å². The smallest absolute Gasteiger partial charge is 0.320 e. The van der Waals surface area contributed by atoms with Crippen molar-refractivity contribution in [2.75, 3.05) is 11.5 Å². The van der Waals surface area contributed by atoms with E-state index in [1.807, 2.05) is 48.5 Å². The molecule has 2 atom stereocenters. The molecule has 2 aromatic carbocycles. The number of carboxylic acids is 1. The first-order chi connectivity index (χ1) is 15.5. The van der Waals surface area contributed by atoms with Crippen molar-refractivity contribution in [3.8, 4) is 5.75 Å². The number of benzene rings is 2. The Labute approximate surface area is 202 Å². The molecule has 170 valence electrons. The van der Waals surface area contributed by atoms with E-state index in [1.165, 1.54) is 6.42 Å². The molecule has 2 aromatic rings. The molecular formula is C25H29IN2O4. The number of amides is 1. The Morgan fingerprint density at radius 3 is 2.56 bits per heavy atom. The standard InChI is InChI=1S/C25H29IN2O4/c26-19-12-10-18(11-13-19)15-28-22-8-4-5-9-23(22)32-16-21(24(28)29)27-20(25(30)31)14-17-6-2-1-3-7-17/h4-5,8-13,17,20-21,27H,1-3,6-7,14-16H2,(H,30,31)/t20-,21-/m0/s1. The van der Waals surface area contributed by atoms with Crippen molar-refractivity contribution < 1.29 is 19.4 Å². The maximum atomic E-state index is 13.6. The van der Waals surface area contributed by atoms with Crippen LogP contribution in [0.1, 0.15) is 44.1 Å².